The Morgan fingerprint density at radius 1 is 1.43 bits per heavy atom. The van der Waals surface area contributed by atoms with E-state index in [0.717, 1.165) is 47.9 Å². The highest BCUT2D eigenvalue weighted by molar-refractivity contribution is 6.47. The van der Waals surface area contributed by atoms with Crippen LogP contribution in [-0.4, -0.2) is 26.3 Å². The molecule has 1 spiro atoms. The topological polar surface area (TPSA) is 74.2 Å². The second kappa shape index (κ2) is 3.65. The first kappa shape index (κ1) is 11.7. The van der Waals surface area contributed by atoms with Gasteiger partial charge in [-0.1, -0.05) is 28.0 Å². The zero-order chi connectivity index (χ0) is 14.2. The summed E-state index contributed by atoms with van der Waals surface area (Å²) in [5.74, 6) is 0.286. The van der Waals surface area contributed by atoms with E-state index in [2.05, 4.69) is 26.6 Å². The Hall–Kier alpha value is -1.88. The van der Waals surface area contributed by atoms with Crippen molar-refractivity contribution in [3.8, 4) is 0 Å². The van der Waals surface area contributed by atoms with Gasteiger partial charge in [0.1, 0.15) is 11.2 Å². The van der Waals surface area contributed by atoms with Crippen molar-refractivity contribution in [1.29, 1.82) is 0 Å². The number of nitrogens with one attached hydrogen (secondary N) is 1. The molecule has 0 radical (unpaired) electrons. The lowest BCUT2D eigenvalue weighted by Gasteiger charge is -2.31. The average Bonchev–Trinajstić information content (AvgIpc) is 3.15. The number of rotatable bonds is 0. The fourth-order valence-corrected chi connectivity index (χ4v) is 5.12. The van der Waals surface area contributed by atoms with Crippen molar-refractivity contribution in [3.63, 3.8) is 0 Å². The maximum Gasteiger partial charge on any atom is 0.116 e. The van der Waals surface area contributed by atoms with Crippen molar-refractivity contribution in [1.82, 2.24) is 15.4 Å². The van der Waals surface area contributed by atoms with E-state index < -0.39 is 0 Å². The van der Waals surface area contributed by atoms with Crippen LogP contribution in [0.15, 0.2) is 22.3 Å². The number of aromatic nitrogens is 3. The Kier molecular flexibility index (Phi) is 2.04. The van der Waals surface area contributed by atoms with Crippen LogP contribution in [0.25, 0.3) is 16.6 Å². The van der Waals surface area contributed by atoms with Crippen LogP contribution in [0.3, 0.4) is 0 Å². The highest BCUT2D eigenvalue weighted by atomic mass is 35.5. The summed E-state index contributed by atoms with van der Waals surface area (Å²) in [6, 6.07) is 4.10. The first-order valence-electron chi connectivity index (χ1n) is 7.19. The largest absolute Gasteiger partial charge is 0.411 e. The molecule has 2 atom stereocenters. The lowest BCUT2D eigenvalue weighted by atomic mass is 9.74. The molecule has 2 aromatic rings. The van der Waals surface area contributed by atoms with E-state index in [0.29, 0.717) is 10.7 Å². The van der Waals surface area contributed by atoms with Crippen molar-refractivity contribution in [2.45, 2.75) is 25.7 Å². The van der Waals surface area contributed by atoms with E-state index in [1.54, 1.807) is 0 Å². The van der Waals surface area contributed by atoms with Gasteiger partial charge in [0.05, 0.1) is 10.5 Å². The lowest BCUT2D eigenvalue weighted by molar-refractivity contribution is 0.313. The van der Waals surface area contributed by atoms with Crippen LogP contribution in [0.1, 0.15) is 30.4 Å². The molecule has 2 N–H and O–H groups in total. The molecular weight excluding hydrogens is 288 g/mol. The first-order valence-corrected chi connectivity index (χ1v) is 7.57. The number of fused-ring (bicyclic) bond motifs is 5. The second-order valence-electron chi connectivity index (χ2n) is 6.37. The fraction of sp³-hybridized carbons (Fsp3) is 0.400. The van der Waals surface area contributed by atoms with Crippen LogP contribution in [0.4, 0.5) is 0 Å². The van der Waals surface area contributed by atoms with E-state index in [4.69, 9.17) is 11.6 Å². The monoisotopic (exact) mass is 300 g/mol. The molecule has 5 nitrogen and oxygen atoms in total. The quantitative estimate of drug-likeness (QED) is 0.580. The smallest absolute Gasteiger partial charge is 0.116 e. The van der Waals surface area contributed by atoms with Crippen molar-refractivity contribution < 1.29 is 5.21 Å². The number of allylic oxidation sites excluding steroid dienone is 2. The summed E-state index contributed by atoms with van der Waals surface area (Å²) < 4.78 is 0. The number of H-pyrrole nitrogens is 1. The number of hydrogen-bond donors (Lipinski definition) is 2. The van der Waals surface area contributed by atoms with E-state index in [9.17, 15) is 5.21 Å². The summed E-state index contributed by atoms with van der Waals surface area (Å²) in [6.45, 7) is 0. The molecule has 0 aliphatic heterocycles. The summed E-state index contributed by atoms with van der Waals surface area (Å²) in [5.41, 5.74) is 6.21. The lowest BCUT2D eigenvalue weighted by Crippen LogP contribution is -2.26. The van der Waals surface area contributed by atoms with Crippen LogP contribution in [0.5, 0.6) is 0 Å². The van der Waals surface area contributed by atoms with Crippen LogP contribution in [-0.2, 0) is 6.42 Å². The van der Waals surface area contributed by atoms with Gasteiger partial charge < -0.3 is 5.21 Å². The predicted octanol–water partition coefficient (Wildman–Crippen LogP) is 3.09. The minimum atomic E-state index is 0.103. The molecule has 1 aromatic heterocycles. The molecule has 3 aliphatic rings. The third kappa shape index (κ3) is 1.26. The minimum Gasteiger partial charge on any atom is -0.411 e. The summed E-state index contributed by atoms with van der Waals surface area (Å²) >= 11 is 6.61. The van der Waals surface area contributed by atoms with Crippen molar-refractivity contribution >= 4 is 33.9 Å². The Bertz CT molecular complexity index is 852. The summed E-state index contributed by atoms with van der Waals surface area (Å²) in [4.78, 5) is 0. The molecule has 1 fully saturated rings. The fourth-order valence-electron chi connectivity index (χ4n) is 4.63. The molecule has 1 heterocycles. The van der Waals surface area contributed by atoms with Gasteiger partial charge in [-0.3, -0.25) is 5.10 Å². The van der Waals surface area contributed by atoms with Crippen molar-refractivity contribution in [2.75, 3.05) is 0 Å². The van der Waals surface area contributed by atoms with Crippen LogP contribution in [0, 0.1) is 11.3 Å². The third-order valence-electron chi connectivity index (χ3n) is 5.47. The number of halogens is 1. The zero-order valence-corrected chi connectivity index (χ0v) is 12.0. The average molecular weight is 301 g/mol. The SMILES string of the molecule is O/N=C1\C(Cl)=C2c3ccc4[nH]nnc4c3CC23CCC1C3. The van der Waals surface area contributed by atoms with Gasteiger partial charge in [0.25, 0.3) is 0 Å². The molecule has 0 saturated heterocycles. The standard InChI is InChI=1S/C15H13ClN4O/c16-12-11-8-1-2-10-14(18-20-17-10)9(8)6-15(11)4-3-7(5-15)13(12)19-21/h1-2,7,21H,3-6H2,(H,17,18,20)/b19-13-. The Balaban J connectivity index is 1.87. The second-order valence-corrected chi connectivity index (χ2v) is 6.75. The molecule has 2 unspecified atom stereocenters. The van der Waals surface area contributed by atoms with Gasteiger partial charge in [-0.2, -0.15) is 0 Å². The zero-order valence-electron chi connectivity index (χ0n) is 11.2. The van der Waals surface area contributed by atoms with Gasteiger partial charge >= 0.3 is 0 Å². The Morgan fingerprint density at radius 2 is 2.33 bits per heavy atom. The normalized spacial score (nSPS) is 32.0. The highest BCUT2D eigenvalue weighted by Gasteiger charge is 2.54. The highest BCUT2D eigenvalue weighted by Crippen LogP contribution is 2.63. The number of nitrogens with zero attached hydrogens (tertiary/aromatic N) is 3. The summed E-state index contributed by atoms with van der Waals surface area (Å²) in [7, 11) is 0. The van der Waals surface area contributed by atoms with Crippen LogP contribution in [0.2, 0.25) is 0 Å². The van der Waals surface area contributed by atoms with Gasteiger partial charge in [-0.15, -0.1) is 5.10 Å². The van der Waals surface area contributed by atoms with Gasteiger partial charge in [-0.25, -0.2) is 0 Å². The van der Waals surface area contributed by atoms with Gasteiger partial charge in [0.2, 0.25) is 0 Å². The molecule has 1 aromatic carbocycles. The molecule has 3 aliphatic carbocycles. The molecule has 5 rings (SSSR count). The Labute approximate surface area is 125 Å². The van der Waals surface area contributed by atoms with Crippen LogP contribution < -0.4 is 0 Å². The molecule has 21 heavy (non-hydrogen) atoms. The Morgan fingerprint density at radius 3 is 3.19 bits per heavy atom. The predicted molar refractivity (Wildman–Crippen MR) is 79.4 cm³/mol. The molecule has 6 heteroatoms. The maximum absolute atomic E-state index is 9.33. The number of benzene rings is 1. The maximum atomic E-state index is 9.33. The van der Waals surface area contributed by atoms with E-state index >= 15 is 0 Å². The van der Waals surface area contributed by atoms with Crippen molar-refractivity contribution in [2.24, 2.45) is 16.5 Å². The van der Waals surface area contributed by atoms with Gasteiger partial charge in [0.15, 0.2) is 0 Å². The summed E-state index contributed by atoms with van der Waals surface area (Å²) in [5, 5.41) is 24.5. The minimum absolute atomic E-state index is 0.103. The van der Waals surface area contributed by atoms with Gasteiger partial charge in [-0.05, 0) is 48.4 Å². The molecule has 106 valence electrons. The number of oxime groups is 1. The number of hydrogen-bond acceptors (Lipinski definition) is 4. The molecule has 0 amide bonds. The van der Waals surface area contributed by atoms with E-state index in [1.807, 2.05) is 6.07 Å². The van der Waals surface area contributed by atoms with Crippen LogP contribution >= 0.6 is 11.6 Å². The first-order chi connectivity index (χ1) is 10.2. The molecular formula is C15H13ClN4O. The summed E-state index contributed by atoms with van der Waals surface area (Å²) in [6.07, 6.45) is 4.12. The van der Waals surface area contributed by atoms with E-state index in [1.165, 1.54) is 5.56 Å². The van der Waals surface area contributed by atoms with Gasteiger partial charge in [0, 0.05) is 11.3 Å². The molecule has 2 bridgehead atoms. The molecule has 1 saturated carbocycles. The third-order valence-corrected chi connectivity index (χ3v) is 5.85. The van der Waals surface area contributed by atoms with E-state index in [-0.39, 0.29) is 11.3 Å². The van der Waals surface area contributed by atoms with Crippen molar-refractivity contribution in [3.05, 3.63) is 28.3 Å². The number of aromatic amines is 1.